The third kappa shape index (κ3) is 1.98. The van der Waals surface area contributed by atoms with Crippen molar-refractivity contribution in [3.63, 3.8) is 0 Å². The van der Waals surface area contributed by atoms with Gasteiger partial charge in [-0.25, -0.2) is 9.78 Å². The lowest BCUT2D eigenvalue weighted by atomic mass is 10.4. The Bertz CT molecular complexity index is 697. The Morgan fingerprint density at radius 3 is 2.94 bits per heavy atom. The Labute approximate surface area is 119 Å². The lowest BCUT2D eigenvalue weighted by Gasteiger charge is -1.91. The first kappa shape index (κ1) is 11.9. The monoisotopic (exact) mass is 342 g/mol. The largest absolute Gasteiger partial charge is 0.465 e. The zero-order valence-corrected chi connectivity index (χ0v) is 12.4. The molecule has 0 aliphatic rings. The zero-order chi connectivity index (χ0) is 12.7. The number of hydrogen-bond donors (Lipinski definition) is 0. The maximum atomic E-state index is 11.4. The summed E-state index contributed by atoms with van der Waals surface area (Å²) in [6.45, 7) is 0. The Hall–Kier alpha value is -1.18. The highest BCUT2D eigenvalue weighted by molar-refractivity contribution is 9.10. The van der Waals surface area contributed by atoms with E-state index >= 15 is 0 Å². The number of rotatable bonds is 2. The average molecular weight is 343 g/mol. The van der Waals surface area contributed by atoms with Gasteiger partial charge in [-0.05, 0) is 22.0 Å². The van der Waals surface area contributed by atoms with Gasteiger partial charge in [0, 0.05) is 22.2 Å². The number of carbonyl (C=O) groups is 1. The van der Waals surface area contributed by atoms with Gasteiger partial charge in [0.05, 0.1) is 12.0 Å². The molecule has 0 radical (unpaired) electrons. The van der Waals surface area contributed by atoms with Crippen LogP contribution < -0.4 is 0 Å². The fourth-order valence-corrected chi connectivity index (χ4v) is 3.82. The molecule has 4 nitrogen and oxygen atoms in total. The molecule has 0 unspecified atom stereocenters. The van der Waals surface area contributed by atoms with E-state index in [4.69, 9.17) is 0 Å². The molecule has 0 saturated heterocycles. The topological polar surface area (TPSA) is 43.6 Å². The molecule has 0 saturated carbocycles. The molecule has 0 amide bonds. The summed E-state index contributed by atoms with van der Waals surface area (Å²) in [6.07, 6.45) is 3.65. The van der Waals surface area contributed by atoms with Crippen LogP contribution in [0.4, 0.5) is 0 Å². The predicted octanol–water partition coefficient (Wildman–Crippen LogP) is 3.67. The van der Waals surface area contributed by atoms with E-state index in [-0.39, 0.29) is 5.97 Å². The van der Waals surface area contributed by atoms with E-state index in [0.717, 1.165) is 20.0 Å². The number of thiazole rings is 1. The number of hydrogen-bond acceptors (Lipinski definition) is 5. The smallest absolute Gasteiger partial charge is 0.349 e. The second-order valence-electron chi connectivity index (χ2n) is 3.53. The molecule has 7 heteroatoms. The SMILES string of the molecule is COC(=O)c1cn2cc(-c3cc(Br)cs3)nc2s1. The Kier molecular flexibility index (Phi) is 2.96. The van der Waals surface area contributed by atoms with Crippen LogP contribution >= 0.6 is 38.6 Å². The van der Waals surface area contributed by atoms with Gasteiger partial charge in [-0.15, -0.1) is 11.3 Å². The van der Waals surface area contributed by atoms with Crippen LogP contribution in [0.15, 0.2) is 28.3 Å². The van der Waals surface area contributed by atoms with Crippen LogP contribution in [-0.2, 0) is 4.74 Å². The van der Waals surface area contributed by atoms with Gasteiger partial charge in [-0.2, -0.15) is 0 Å². The standard InChI is InChI=1S/C11H7BrN2O2S2/c1-16-10(15)9-4-14-3-7(13-11(14)18-9)8-2-6(12)5-17-8/h2-5H,1H3. The van der Waals surface area contributed by atoms with Gasteiger partial charge in [-0.3, -0.25) is 4.40 Å². The molecule has 0 aliphatic carbocycles. The van der Waals surface area contributed by atoms with Crippen LogP contribution in [0, 0.1) is 0 Å². The first-order valence-electron chi connectivity index (χ1n) is 4.98. The molecular formula is C11H7BrN2O2S2. The van der Waals surface area contributed by atoms with E-state index in [1.54, 1.807) is 17.5 Å². The molecule has 0 spiro atoms. The van der Waals surface area contributed by atoms with Crippen LogP contribution in [0.1, 0.15) is 9.67 Å². The first-order chi connectivity index (χ1) is 8.67. The summed E-state index contributed by atoms with van der Waals surface area (Å²) in [7, 11) is 1.37. The first-order valence-corrected chi connectivity index (χ1v) is 7.47. The van der Waals surface area contributed by atoms with Gasteiger partial charge in [0.2, 0.25) is 0 Å². The maximum Gasteiger partial charge on any atom is 0.349 e. The number of imidazole rings is 1. The molecule has 3 rings (SSSR count). The second-order valence-corrected chi connectivity index (χ2v) is 6.37. The lowest BCUT2D eigenvalue weighted by molar-refractivity contribution is 0.0606. The number of ether oxygens (including phenoxy) is 1. The number of carbonyl (C=O) groups excluding carboxylic acids is 1. The van der Waals surface area contributed by atoms with Crippen molar-refractivity contribution in [1.82, 2.24) is 9.38 Å². The van der Waals surface area contributed by atoms with Crippen molar-refractivity contribution in [2.24, 2.45) is 0 Å². The molecule has 0 atom stereocenters. The van der Waals surface area contributed by atoms with E-state index in [1.165, 1.54) is 18.4 Å². The molecule has 0 bridgehead atoms. The summed E-state index contributed by atoms with van der Waals surface area (Å²) >= 11 is 6.37. The molecule has 0 aliphatic heterocycles. The number of nitrogens with zero attached hydrogens (tertiary/aromatic N) is 2. The van der Waals surface area contributed by atoms with Crippen LogP contribution in [0.2, 0.25) is 0 Å². The summed E-state index contributed by atoms with van der Waals surface area (Å²) in [4.78, 5) is 18.3. The van der Waals surface area contributed by atoms with Crippen molar-refractivity contribution >= 4 is 49.5 Å². The number of fused-ring (bicyclic) bond motifs is 1. The normalized spacial score (nSPS) is 11.0. The number of methoxy groups -OCH3 is 1. The Morgan fingerprint density at radius 1 is 1.50 bits per heavy atom. The number of aromatic nitrogens is 2. The molecule has 3 heterocycles. The highest BCUT2D eigenvalue weighted by atomic mass is 79.9. The van der Waals surface area contributed by atoms with Crippen molar-refractivity contribution in [2.75, 3.05) is 7.11 Å². The molecule has 0 N–H and O–H groups in total. The predicted molar refractivity (Wildman–Crippen MR) is 75.4 cm³/mol. The van der Waals surface area contributed by atoms with E-state index in [0.29, 0.717) is 4.88 Å². The third-order valence-electron chi connectivity index (χ3n) is 2.36. The summed E-state index contributed by atoms with van der Waals surface area (Å²) in [6, 6.07) is 2.03. The van der Waals surface area contributed by atoms with Crippen molar-refractivity contribution < 1.29 is 9.53 Å². The van der Waals surface area contributed by atoms with Crippen molar-refractivity contribution in [3.8, 4) is 10.6 Å². The highest BCUT2D eigenvalue weighted by Crippen LogP contribution is 2.30. The Balaban J connectivity index is 2.03. The third-order valence-corrected chi connectivity index (χ3v) is 5.05. The average Bonchev–Trinajstić information content (AvgIpc) is 3.00. The van der Waals surface area contributed by atoms with Crippen LogP contribution in [-0.4, -0.2) is 22.5 Å². The van der Waals surface area contributed by atoms with Crippen LogP contribution in [0.25, 0.3) is 15.5 Å². The fraction of sp³-hybridized carbons (Fsp3) is 0.0909. The number of esters is 1. The quantitative estimate of drug-likeness (QED) is 0.667. The van der Waals surface area contributed by atoms with Gasteiger partial charge < -0.3 is 4.74 Å². The van der Waals surface area contributed by atoms with Crippen LogP contribution in [0.3, 0.4) is 0 Å². The van der Waals surface area contributed by atoms with Gasteiger partial charge in [0.1, 0.15) is 10.6 Å². The molecule has 0 aromatic carbocycles. The lowest BCUT2D eigenvalue weighted by Crippen LogP contribution is -1.97. The van der Waals surface area contributed by atoms with Gasteiger partial charge in [0.25, 0.3) is 0 Å². The highest BCUT2D eigenvalue weighted by Gasteiger charge is 2.14. The van der Waals surface area contributed by atoms with Crippen molar-refractivity contribution in [3.05, 3.63) is 33.2 Å². The minimum Gasteiger partial charge on any atom is -0.465 e. The molecule has 3 aromatic heterocycles. The number of thiophene rings is 1. The summed E-state index contributed by atoms with van der Waals surface area (Å²) in [5, 5.41) is 2.02. The van der Waals surface area contributed by atoms with E-state index in [2.05, 4.69) is 25.7 Å². The van der Waals surface area contributed by atoms with E-state index in [9.17, 15) is 4.79 Å². The summed E-state index contributed by atoms with van der Waals surface area (Å²) in [5.41, 5.74) is 0.911. The minimum absolute atomic E-state index is 0.328. The minimum atomic E-state index is -0.328. The summed E-state index contributed by atoms with van der Waals surface area (Å²) in [5.74, 6) is -0.328. The van der Waals surface area contributed by atoms with Gasteiger partial charge >= 0.3 is 5.97 Å². The molecule has 92 valence electrons. The van der Waals surface area contributed by atoms with Crippen molar-refractivity contribution in [1.29, 1.82) is 0 Å². The Morgan fingerprint density at radius 2 is 2.33 bits per heavy atom. The fourth-order valence-electron chi connectivity index (χ4n) is 1.56. The summed E-state index contributed by atoms with van der Waals surface area (Å²) < 4.78 is 7.58. The molecular weight excluding hydrogens is 336 g/mol. The number of halogens is 1. The molecule has 18 heavy (non-hydrogen) atoms. The van der Waals surface area contributed by atoms with E-state index in [1.807, 2.05) is 22.0 Å². The van der Waals surface area contributed by atoms with Gasteiger partial charge in [-0.1, -0.05) is 11.3 Å². The zero-order valence-electron chi connectivity index (χ0n) is 9.21. The van der Waals surface area contributed by atoms with Gasteiger partial charge in [0.15, 0.2) is 4.96 Å². The molecule has 0 fully saturated rings. The van der Waals surface area contributed by atoms with Crippen LogP contribution in [0.5, 0.6) is 0 Å². The molecule has 3 aromatic rings. The van der Waals surface area contributed by atoms with Crippen molar-refractivity contribution in [2.45, 2.75) is 0 Å². The second kappa shape index (κ2) is 4.49. The maximum absolute atomic E-state index is 11.4. The van der Waals surface area contributed by atoms with E-state index < -0.39 is 0 Å².